The van der Waals surface area contributed by atoms with Crippen LogP contribution >= 0.6 is 0 Å². The van der Waals surface area contributed by atoms with Gasteiger partial charge in [-0.05, 0) is 24.6 Å². The summed E-state index contributed by atoms with van der Waals surface area (Å²) in [5, 5.41) is 1.15. The van der Waals surface area contributed by atoms with Gasteiger partial charge in [-0.3, -0.25) is 14.3 Å². The van der Waals surface area contributed by atoms with Crippen molar-refractivity contribution in [3.63, 3.8) is 0 Å². The number of aromatic nitrogens is 5. The molecule has 2 saturated heterocycles. The van der Waals surface area contributed by atoms with E-state index in [2.05, 4.69) is 36.9 Å². The average Bonchev–Trinajstić information content (AvgIpc) is 3.42. The van der Waals surface area contributed by atoms with Gasteiger partial charge in [0.05, 0.1) is 34.8 Å². The first-order valence-corrected chi connectivity index (χ1v) is 10.4. The van der Waals surface area contributed by atoms with Gasteiger partial charge in [0.1, 0.15) is 6.33 Å². The molecule has 5 heterocycles. The smallest absolute Gasteiger partial charge is 0.255 e. The summed E-state index contributed by atoms with van der Waals surface area (Å²) in [5.74, 6) is 0.699. The van der Waals surface area contributed by atoms with Crippen molar-refractivity contribution in [2.24, 2.45) is 7.05 Å². The Labute approximate surface area is 178 Å². The van der Waals surface area contributed by atoms with Crippen LogP contribution in [-0.2, 0) is 7.05 Å². The molecule has 8 heteroatoms. The Morgan fingerprint density at radius 1 is 0.968 bits per heavy atom. The minimum absolute atomic E-state index is 0.0861. The highest BCUT2D eigenvalue weighted by Crippen LogP contribution is 2.37. The van der Waals surface area contributed by atoms with Crippen LogP contribution in [0.3, 0.4) is 0 Å². The van der Waals surface area contributed by atoms with E-state index < -0.39 is 0 Å². The van der Waals surface area contributed by atoms with E-state index in [1.54, 1.807) is 23.9 Å². The number of rotatable bonds is 3. The monoisotopic (exact) mass is 411 g/mol. The van der Waals surface area contributed by atoms with Crippen molar-refractivity contribution in [1.82, 2.24) is 24.5 Å². The summed E-state index contributed by atoms with van der Waals surface area (Å²) >= 11 is 0. The summed E-state index contributed by atoms with van der Waals surface area (Å²) in [7, 11) is 1.78. The van der Waals surface area contributed by atoms with Crippen molar-refractivity contribution in [2.45, 2.75) is 18.5 Å². The highest BCUT2D eigenvalue weighted by molar-refractivity contribution is 5.82. The summed E-state index contributed by atoms with van der Waals surface area (Å²) in [5.41, 5.74) is 3.32. The zero-order valence-electron chi connectivity index (χ0n) is 17.1. The zero-order valence-corrected chi connectivity index (χ0v) is 17.1. The van der Waals surface area contributed by atoms with E-state index >= 15 is 0 Å². The maximum Gasteiger partial charge on any atom is 0.255 e. The Morgan fingerprint density at radius 3 is 2.61 bits per heavy atom. The Bertz CT molecular complexity index is 1340. The standard InChI is InChI=1S/C23H21N7O/c1-28-22(31)10-21(20-6-7-24-14-26-20)27-23(28)30-13-17-9-18(30)12-29(17)16-8-15-4-2-3-5-19(15)25-11-16/h2-8,10-11,14,17-18H,9,12-13H2,1H3. The fourth-order valence-corrected chi connectivity index (χ4v) is 4.80. The number of hydrogen-bond donors (Lipinski definition) is 0. The van der Waals surface area contributed by atoms with Gasteiger partial charge < -0.3 is 9.80 Å². The van der Waals surface area contributed by atoms with Crippen molar-refractivity contribution in [3.8, 4) is 11.4 Å². The molecule has 2 unspecified atom stereocenters. The SMILES string of the molecule is Cn1c(N2CC3CC2CN3c2cnc3ccccc3c2)nc(-c2ccncn2)cc1=O. The van der Waals surface area contributed by atoms with Crippen molar-refractivity contribution >= 4 is 22.5 Å². The second-order valence-electron chi connectivity index (χ2n) is 8.17. The Morgan fingerprint density at radius 2 is 1.81 bits per heavy atom. The minimum Gasteiger partial charge on any atom is -0.363 e. The molecule has 0 spiro atoms. The van der Waals surface area contributed by atoms with Gasteiger partial charge in [0, 0.05) is 43.8 Å². The first-order chi connectivity index (χ1) is 15.2. The molecule has 31 heavy (non-hydrogen) atoms. The number of para-hydroxylation sites is 1. The molecule has 2 aliphatic rings. The van der Waals surface area contributed by atoms with Crippen LogP contribution in [0.4, 0.5) is 11.6 Å². The van der Waals surface area contributed by atoms with Crippen LogP contribution in [0.1, 0.15) is 6.42 Å². The van der Waals surface area contributed by atoms with Crippen LogP contribution in [0, 0.1) is 0 Å². The molecule has 2 aliphatic heterocycles. The molecule has 154 valence electrons. The number of hydrogen-bond acceptors (Lipinski definition) is 7. The van der Waals surface area contributed by atoms with Crippen LogP contribution < -0.4 is 15.4 Å². The summed E-state index contributed by atoms with van der Waals surface area (Å²) in [6.07, 6.45) is 6.15. The molecule has 2 atom stereocenters. The molecule has 1 aromatic carbocycles. The van der Waals surface area contributed by atoms with Gasteiger partial charge in [-0.1, -0.05) is 18.2 Å². The van der Waals surface area contributed by atoms with Gasteiger partial charge >= 0.3 is 0 Å². The zero-order chi connectivity index (χ0) is 20.9. The van der Waals surface area contributed by atoms with E-state index in [-0.39, 0.29) is 5.56 Å². The normalized spacial score (nSPS) is 20.0. The van der Waals surface area contributed by atoms with Crippen LogP contribution in [0.15, 0.2) is 66.0 Å². The lowest BCUT2D eigenvalue weighted by atomic mass is 10.2. The quantitative estimate of drug-likeness (QED) is 0.512. The Balaban J connectivity index is 1.31. The molecule has 6 rings (SSSR count). The van der Waals surface area contributed by atoms with E-state index in [9.17, 15) is 4.79 Å². The van der Waals surface area contributed by atoms with Gasteiger partial charge in [0.25, 0.3) is 5.56 Å². The van der Waals surface area contributed by atoms with Crippen LogP contribution in [-0.4, -0.2) is 49.7 Å². The van der Waals surface area contributed by atoms with Crippen LogP contribution in [0.25, 0.3) is 22.3 Å². The average molecular weight is 411 g/mol. The van der Waals surface area contributed by atoms with E-state index in [4.69, 9.17) is 4.98 Å². The number of piperazine rings is 1. The summed E-state index contributed by atoms with van der Waals surface area (Å²) in [6, 6.07) is 14.4. The second kappa shape index (κ2) is 6.87. The Hall–Kier alpha value is -3.81. The van der Waals surface area contributed by atoms with Gasteiger partial charge in [0.2, 0.25) is 5.95 Å². The molecule has 0 N–H and O–H groups in total. The highest BCUT2D eigenvalue weighted by Gasteiger charge is 2.44. The largest absolute Gasteiger partial charge is 0.363 e. The molecule has 0 saturated carbocycles. The van der Waals surface area contributed by atoms with E-state index in [1.807, 2.05) is 24.4 Å². The van der Waals surface area contributed by atoms with Crippen LogP contribution in [0.2, 0.25) is 0 Å². The molecule has 0 amide bonds. The second-order valence-corrected chi connectivity index (χ2v) is 8.17. The third kappa shape index (κ3) is 2.94. The van der Waals surface area contributed by atoms with E-state index in [1.165, 1.54) is 12.4 Å². The molecule has 0 radical (unpaired) electrons. The number of fused-ring (bicyclic) bond motifs is 3. The molecule has 4 aromatic rings. The lowest BCUT2D eigenvalue weighted by Crippen LogP contribution is -2.48. The summed E-state index contributed by atoms with van der Waals surface area (Å²) < 4.78 is 1.63. The molecule has 2 bridgehead atoms. The minimum atomic E-state index is -0.0861. The highest BCUT2D eigenvalue weighted by atomic mass is 16.1. The number of pyridine rings is 1. The van der Waals surface area contributed by atoms with Gasteiger partial charge in [-0.2, -0.15) is 0 Å². The predicted octanol–water partition coefficient (Wildman–Crippen LogP) is 2.25. The molecule has 2 fully saturated rings. The van der Waals surface area contributed by atoms with Crippen LogP contribution in [0.5, 0.6) is 0 Å². The van der Waals surface area contributed by atoms with Crippen molar-refractivity contribution in [1.29, 1.82) is 0 Å². The van der Waals surface area contributed by atoms with Gasteiger partial charge in [-0.15, -0.1) is 0 Å². The third-order valence-electron chi connectivity index (χ3n) is 6.36. The van der Waals surface area contributed by atoms with Gasteiger partial charge in [-0.25, -0.2) is 15.0 Å². The molecule has 8 nitrogen and oxygen atoms in total. The molecular formula is C23H21N7O. The fraction of sp³-hybridized carbons (Fsp3) is 0.261. The fourth-order valence-electron chi connectivity index (χ4n) is 4.80. The van der Waals surface area contributed by atoms with E-state index in [0.29, 0.717) is 29.4 Å². The van der Waals surface area contributed by atoms with Gasteiger partial charge in [0.15, 0.2) is 0 Å². The number of anilines is 2. The third-order valence-corrected chi connectivity index (χ3v) is 6.36. The summed E-state index contributed by atoms with van der Waals surface area (Å²) in [6.45, 7) is 1.71. The maximum atomic E-state index is 12.6. The number of nitrogens with zero attached hydrogens (tertiary/aromatic N) is 7. The Kier molecular flexibility index (Phi) is 3.99. The molecular weight excluding hydrogens is 390 g/mol. The first kappa shape index (κ1) is 18.0. The van der Waals surface area contributed by atoms with Crippen molar-refractivity contribution in [2.75, 3.05) is 22.9 Å². The lowest BCUT2D eigenvalue weighted by Gasteiger charge is -2.36. The van der Waals surface area contributed by atoms with Crippen molar-refractivity contribution in [3.05, 3.63) is 71.5 Å². The summed E-state index contributed by atoms with van der Waals surface area (Å²) in [4.78, 5) is 35.0. The predicted molar refractivity (Wildman–Crippen MR) is 119 cm³/mol. The van der Waals surface area contributed by atoms with E-state index in [0.717, 1.165) is 36.1 Å². The number of benzene rings is 1. The molecule has 3 aromatic heterocycles. The lowest BCUT2D eigenvalue weighted by molar-refractivity contribution is 0.614. The topological polar surface area (TPSA) is 80.0 Å². The molecule has 0 aliphatic carbocycles. The van der Waals surface area contributed by atoms with Crippen molar-refractivity contribution < 1.29 is 0 Å². The first-order valence-electron chi connectivity index (χ1n) is 10.4. The maximum absolute atomic E-state index is 12.6.